The first kappa shape index (κ1) is 18.5. The molecule has 1 fully saturated rings. The number of amides is 2. The van der Waals surface area contributed by atoms with Crippen molar-refractivity contribution >= 4 is 28.8 Å². The van der Waals surface area contributed by atoms with Gasteiger partial charge in [-0.1, -0.05) is 12.1 Å². The van der Waals surface area contributed by atoms with Crippen molar-refractivity contribution in [3.8, 4) is 0 Å². The van der Waals surface area contributed by atoms with Crippen LogP contribution in [-0.4, -0.2) is 36.3 Å². The van der Waals surface area contributed by atoms with Gasteiger partial charge in [0.05, 0.1) is 5.69 Å². The largest absolute Gasteiger partial charge is 0.348 e. The summed E-state index contributed by atoms with van der Waals surface area (Å²) in [5.41, 5.74) is 1.35. The van der Waals surface area contributed by atoms with Gasteiger partial charge < -0.3 is 10.6 Å². The maximum Gasteiger partial charge on any atom is 0.313 e. The summed E-state index contributed by atoms with van der Waals surface area (Å²) in [6.45, 7) is 3.40. The van der Waals surface area contributed by atoms with E-state index < -0.39 is 17.6 Å². The Balaban J connectivity index is 1.38. The minimum absolute atomic E-state index is 0.00869. The molecule has 1 saturated heterocycles. The zero-order valence-corrected chi connectivity index (χ0v) is 15.2. The van der Waals surface area contributed by atoms with Gasteiger partial charge in [0.2, 0.25) is 0 Å². The average Bonchev–Trinajstić information content (AvgIpc) is 3.16. The van der Waals surface area contributed by atoms with Gasteiger partial charge in [-0.3, -0.25) is 14.5 Å². The molecule has 0 radical (unpaired) electrons. The fraction of sp³-hybridized carbons (Fsp3) is 0.368. The number of nitrogens with one attached hydrogen (secondary N) is 2. The van der Waals surface area contributed by atoms with Crippen molar-refractivity contribution in [2.24, 2.45) is 5.92 Å². The van der Waals surface area contributed by atoms with Crippen molar-refractivity contribution in [2.45, 2.75) is 19.4 Å². The first-order valence-electron chi connectivity index (χ1n) is 8.69. The molecule has 2 aromatic rings. The van der Waals surface area contributed by atoms with Gasteiger partial charge in [-0.15, -0.1) is 0 Å². The van der Waals surface area contributed by atoms with E-state index in [0.717, 1.165) is 32.5 Å². The Kier molecular flexibility index (Phi) is 6.35. The number of likely N-dealkylation sites (tertiary alicyclic amines) is 1. The van der Waals surface area contributed by atoms with Crippen molar-refractivity contribution in [2.75, 3.05) is 25.0 Å². The highest BCUT2D eigenvalue weighted by atomic mass is 32.1. The van der Waals surface area contributed by atoms with Crippen molar-refractivity contribution in [3.05, 3.63) is 52.5 Å². The van der Waals surface area contributed by atoms with E-state index in [-0.39, 0.29) is 5.69 Å². The van der Waals surface area contributed by atoms with E-state index in [9.17, 15) is 14.0 Å². The third kappa shape index (κ3) is 5.12. The molecule has 1 aliphatic heterocycles. The third-order valence-electron chi connectivity index (χ3n) is 4.57. The number of carbonyl (C=O) groups excluding carboxylic acids is 2. The Morgan fingerprint density at radius 1 is 1.15 bits per heavy atom. The molecule has 138 valence electrons. The lowest BCUT2D eigenvalue weighted by atomic mass is 9.96. The first-order valence-corrected chi connectivity index (χ1v) is 9.63. The van der Waals surface area contributed by atoms with Gasteiger partial charge >= 0.3 is 11.8 Å². The normalized spacial score (nSPS) is 15.6. The van der Waals surface area contributed by atoms with Crippen LogP contribution in [0.25, 0.3) is 0 Å². The molecule has 5 nitrogen and oxygen atoms in total. The van der Waals surface area contributed by atoms with Crippen molar-refractivity contribution < 1.29 is 14.0 Å². The van der Waals surface area contributed by atoms with Crippen LogP contribution in [0.5, 0.6) is 0 Å². The molecule has 0 saturated carbocycles. The lowest BCUT2D eigenvalue weighted by Crippen LogP contribution is -2.41. The van der Waals surface area contributed by atoms with Crippen molar-refractivity contribution in [3.63, 3.8) is 0 Å². The summed E-state index contributed by atoms with van der Waals surface area (Å²) >= 11 is 1.71. The van der Waals surface area contributed by atoms with Crippen LogP contribution >= 0.6 is 11.3 Å². The van der Waals surface area contributed by atoms with Crippen LogP contribution in [0.15, 0.2) is 41.1 Å². The maximum atomic E-state index is 13.5. The van der Waals surface area contributed by atoms with Gasteiger partial charge in [-0.05, 0) is 66.4 Å². The van der Waals surface area contributed by atoms with Gasteiger partial charge in [0.15, 0.2) is 0 Å². The first-order chi connectivity index (χ1) is 12.6. The Bertz CT molecular complexity index is 743. The number of hydrogen-bond donors (Lipinski definition) is 2. The smallest absolute Gasteiger partial charge is 0.313 e. The molecule has 0 aliphatic carbocycles. The molecule has 0 spiro atoms. The highest BCUT2D eigenvalue weighted by molar-refractivity contribution is 7.07. The monoisotopic (exact) mass is 375 g/mol. The molecule has 2 amide bonds. The number of para-hydroxylation sites is 1. The van der Waals surface area contributed by atoms with Gasteiger partial charge in [-0.25, -0.2) is 4.39 Å². The van der Waals surface area contributed by atoms with Crippen LogP contribution in [0.2, 0.25) is 0 Å². The summed E-state index contributed by atoms with van der Waals surface area (Å²) in [5, 5.41) is 9.21. The molecule has 26 heavy (non-hydrogen) atoms. The Morgan fingerprint density at radius 3 is 2.62 bits per heavy atom. The Hall–Kier alpha value is -2.25. The molecule has 2 heterocycles. The molecule has 3 rings (SSSR count). The van der Waals surface area contributed by atoms with Crippen LogP contribution in [0.1, 0.15) is 18.4 Å². The zero-order chi connectivity index (χ0) is 18.4. The number of benzene rings is 1. The Labute approximate surface area is 156 Å². The number of piperidine rings is 1. The third-order valence-corrected chi connectivity index (χ3v) is 5.31. The van der Waals surface area contributed by atoms with E-state index in [4.69, 9.17) is 0 Å². The topological polar surface area (TPSA) is 61.4 Å². The molecule has 1 aliphatic rings. The summed E-state index contributed by atoms with van der Waals surface area (Å²) in [4.78, 5) is 26.2. The molecular formula is C19H22FN3O2S. The second-order valence-electron chi connectivity index (χ2n) is 6.50. The number of rotatable bonds is 5. The summed E-state index contributed by atoms with van der Waals surface area (Å²) in [6.07, 6.45) is 1.97. The lowest BCUT2D eigenvalue weighted by molar-refractivity contribution is -0.136. The minimum atomic E-state index is -0.843. The summed E-state index contributed by atoms with van der Waals surface area (Å²) < 4.78 is 13.5. The van der Waals surface area contributed by atoms with E-state index in [1.165, 1.54) is 23.8 Å². The number of hydrogen-bond acceptors (Lipinski definition) is 4. The highest BCUT2D eigenvalue weighted by Crippen LogP contribution is 2.19. The number of halogens is 1. The maximum absolute atomic E-state index is 13.5. The van der Waals surface area contributed by atoms with E-state index in [1.807, 2.05) is 0 Å². The minimum Gasteiger partial charge on any atom is -0.348 e. The molecule has 1 aromatic heterocycles. The van der Waals surface area contributed by atoms with Gasteiger partial charge in [0.1, 0.15) is 5.82 Å². The molecule has 1 aromatic carbocycles. The summed E-state index contributed by atoms with van der Waals surface area (Å²) in [5.74, 6) is -1.77. The van der Waals surface area contributed by atoms with Crippen LogP contribution in [0.3, 0.4) is 0 Å². The number of thiophene rings is 1. The Morgan fingerprint density at radius 2 is 1.92 bits per heavy atom. The van der Waals surface area contributed by atoms with Crippen molar-refractivity contribution in [1.29, 1.82) is 0 Å². The SMILES string of the molecule is O=C(NCC1CCN(Cc2ccsc2)CC1)C(=O)Nc1ccccc1F. The van der Waals surface area contributed by atoms with Crippen LogP contribution in [0, 0.1) is 11.7 Å². The molecule has 0 atom stereocenters. The van der Waals surface area contributed by atoms with Crippen LogP contribution in [-0.2, 0) is 16.1 Å². The fourth-order valence-corrected chi connectivity index (χ4v) is 3.71. The van der Waals surface area contributed by atoms with Crippen molar-refractivity contribution in [1.82, 2.24) is 10.2 Å². The summed E-state index contributed by atoms with van der Waals surface area (Å²) in [7, 11) is 0. The van der Waals surface area contributed by atoms with Crippen LogP contribution in [0.4, 0.5) is 10.1 Å². The fourth-order valence-electron chi connectivity index (χ4n) is 3.05. The number of nitrogens with zero attached hydrogens (tertiary/aromatic N) is 1. The average molecular weight is 375 g/mol. The predicted molar refractivity (Wildman–Crippen MR) is 100 cm³/mol. The van der Waals surface area contributed by atoms with Gasteiger partial charge in [0, 0.05) is 13.1 Å². The molecule has 2 N–H and O–H groups in total. The predicted octanol–water partition coefficient (Wildman–Crippen LogP) is 2.85. The standard InChI is InChI=1S/C19H22FN3O2S/c20-16-3-1-2-4-17(16)22-19(25)18(24)21-11-14-5-8-23(9-6-14)12-15-7-10-26-13-15/h1-4,7,10,13-14H,5-6,8-9,11-12H2,(H,21,24)(H,22,25). The molecule has 0 bridgehead atoms. The molecular weight excluding hydrogens is 353 g/mol. The number of carbonyl (C=O) groups is 2. The zero-order valence-electron chi connectivity index (χ0n) is 14.4. The van der Waals surface area contributed by atoms with E-state index in [0.29, 0.717) is 12.5 Å². The second-order valence-corrected chi connectivity index (χ2v) is 7.28. The lowest BCUT2D eigenvalue weighted by Gasteiger charge is -2.31. The van der Waals surface area contributed by atoms with E-state index in [2.05, 4.69) is 32.4 Å². The molecule has 0 unspecified atom stereocenters. The van der Waals surface area contributed by atoms with Gasteiger partial charge in [0.25, 0.3) is 0 Å². The second kappa shape index (κ2) is 8.91. The molecule has 7 heteroatoms. The summed E-state index contributed by atoms with van der Waals surface area (Å²) in [6, 6.07) is 7.92. The van der Waals surface area contributed by atoms with Crippen LogP contribution < -0.4 is 10.6 Å². The quantitative estimate of drug-likeness (QED) is 0.790. The van der Waals surface area contributed by atoms with E-state index in [1.54, 1.807) is 17.4 Å². The number of anilines is 1. The van der Waals surface area contributed by atoms with Gasteiger partial charge in [-0.2, -0.15) is 11.3 Å². The highest BCUT2D eigenvalue weighted by Gasteiger charge is 2.21. The van der Waals surface area contributed by atoms with E-state index >= 15 is 0 Å².